The number of phenolic OH excluding ortho intramolecular Hbond substituents is 1. The fourth-order valence-corrected chi connectivity index (χ4v) is 8.93. The van der Waals surface area contributed by atoms with Gasteiger partial charge in [0.1, 0.15) is 24.1 Å². The average Bonchev–Trinajstić information content (AvgIpc) is 3.62. The lowest BCUT2D eigenvalue weighted by atomic mass is 9.55. The number of non-ortho nitro benzene ring substituents is 1. The van der Waals surface area contributed by atoms with Crippen LogP contribution in [0.4, 0.5) is 10.5 Å². The first-order valence-electron chi connectivity index (χ1n) is 19.3. The van der Waals surface area contributed by atoms with E-state index < -0.39 is 28.7 Å². The minimum Gasteiger partial charge on any atom is -0.508 e. The third-order valence-corrected chi connectivity index (χ3v) is 11.6. The molecule has 3 aromatic carbocycles. The number of benzene rings is 3. The average molecular weight is 768 g/mol. The van der Waals surface area contributed by atoms with Gasteiger partial charge in [0.2, 0.25) is 5.79 Å². The SMILES string of the molecule is CN(C(=O)NCc1cc2ccccc2[nH]1)C1CC(=NOCc2ccc([N+](=O)[O-])cc2)C2=CC(CCCCO)C(CCCCO)C3c4cc(O)ccc4OC1(O)C23. The highest BCUT2D eigenvalue weighted by atomic mass is 16.6. The van der Waals surface area contributed by atoms with Crippen LogP contribution in [0.25, 0.3) is 10.9 Å². The number of aromatic hydroxyl groups is 1. The van der Waals surface area contributed by atoms with Crippen LogP contribution in [0.1, 0.15) is 67.7 Å². The van der Waals surface area contributed by atoms with Gasteiger partial charge in [-0.05, 0) is 96.5 Å². The Morgan fingerprint density at radius 1 is 1.05 bits per heavy atom. The van der Waals surface area contributed by atoms with Crippen molar-refractivity contribution in [3.8, 4) is 11.5 Å². The minimum atomic E-state index is -1.92. The van der Waals surface area contributed by atoms with Crippen molar-refractivity contribution in [2.24, 2.45) is 22.9 Å². The van der Waals surface area contributed by atoms with Gasteiger partial charge < -0.3 is 45.2 Å². The summed E-state index contributed by atoms with van der Waals surface area (Å²) in [4.78, 5) is 35.5. The summed E-state index contributed by atoms with van der Waals surface area (Å²) < 4.78 is 6.61. The number of aliphatic hydroxyl groups is 3. The molecule has 2 amide bonds. The summed E-state index contributed by atoms with van der Waals surface area (Å²) in [6, 6.07) is 19.3. The van der Waals surface area contributed by atoms with Crippen molar-refractivity contribution in [1.82, 2.24) is 15.2 Å². The molecule has 1 saturated carbocycles. The van der Waals surface area contributed by atoms with E-state index in [0.717, 1.165) is 53.4 Å². The van der Waals surface area contributed by atoms with Gasteiger partial charge in [0.05, 0.1) is 23.1 Å². The maximum Gasteiger partial charge on any atom is 0.317 e. The van der Waals surface area contributed by atoms with Crippen molar-refractivity contribution in [2.45, 2.75) is 75.8 Å². The fourth-order valence-electron chi connectivity index (χ4n) is 8.93. The second kappa shape index (κ2) is 16.7. The fraction of sp³-hybridized carbons (Fsp3) is 0.429. The summed E-state index contributed by atoms with van der Waals surface area (Å²) in [6.07, 6.45) is 6.41. The number of nitro groups is 1. The molecule has 7 rings (SSSR count). The summed E-state index contributed by atoms with van der Waals surface area (Å²) in [5.74, 6) is -2.61. The number of fused-ring (bicyclic) bond motifs is 3. The van der Waals surface area contributed by atoms with Gasteiger partial charge in [-0.15, -0.1) is 0 Å². The lowest BCUT2D eigenvalue weighted by Gasteiger charge is -2.58. The third-order valence-electron chi connectivity index (χ3n) is 11.6. The molecule has 0 spiro atoms. The zero-order chi connectivity index (χ0) is 39.4. The van der Waals surface area contributed by atoms with E-state index in [1.165, 1.54) is 23.1 Å². The van der Waals surface area contributed by atoms with E-state index in [0.29, 0.717) is 29.9 Å². The number of rotatable bonds is 15. The Hall–Kier alpha value is -5.44. The number of urea groups is 1. The Balaban J connectivity index is 1.27. The summed E-state index contributed by atoms with van der Waals surface area (Å²) >= 11 is 0. The van der Waals surface area contributed by atoms with Gasteiger partial charge in [-0.25, -0.2) is 4.79 Å². The molecule has 2 aliphatic carbocycles. The number of oxime groups is 1. The maximum atomic E-state index is 14.0. The molecular weight excluding hydrogens is 718 g/mol. The van der Waals surface area contributed by atoms with Crippen molar-refractivity contribution < 1.29 is 39.7 Å². The van der Waals surface area contributed by atoms with Crippen LogP contribution < -0.4 is 10.1 Å². The van der Waals surface area contributed by atoms with E-state index in [1.54, 1.807) is 31.3 Å². The van der Waals surface area contributed by atoms with Crippen molar-refractivity contribution in [2.75, 3.05) is 20.3 Å². The molecule has 0 radical (unpaired) electrons. The quantitative estimate of drug-likeness (QED) is 0.0459. The molecule has 4 aromatic rings. The summed E-state index contributed by atoms with van der Waals surface area (Å²) in [6.45, 7) is 0.347. The van der Waals surface area contributed by atoms with Crippen LogP contribution in [0, 0.1) is 27.9 Å². The van der Waals surface area contributed by atoms with Crippen molar-refractivity contribution in [3.05, 3.63) is 111 Å². The van der Waals surface area contributed by atoms with Crippen LogP contribution in [-0.4, -0.2) is 79.1 Å². The number of aromatic amines is 1. The van der Waals surface area contributed by atoms with Gasteiger partial charge in [-0.3, -0.25) is 10.1 Å². The molecule has 0 saturated heterocycles. The molecule has 0 bridgehead atoms. The van der Waals surface area contributed by atoms with Gasteiger partial charge in [0.25, 0.3) is 5.69 Å². The number of para-hydroxylation sites is 1. The van der Waals surface area contributed by atoms with E-state index in [9.17, 15) is 35.3 Å². The number of amides is 2. The first-order chi connectivity index (χ1) is 27.1. The number of unbranched alkanes of at least 4 members (excludes halogenated alkanes) is 2. The molecule has 14 heteroatoms. The lowest BCUT2D eigenvalue weighted by molar-refractivity contribution is -0.384. The van der Waals surface area contributed by atoms with Crippen LogP contribution in [-0.2, 0) is 18.0 Å². The van der Waals surface area contributed by atoms with E-state index in [2.05, 4.69) is 21.5 Å². The predicted octanol–water partition coefficient (Wildman–Crippen LogP) is 6.25. The largest absolute Gasteiger partial charge is 0.508 e. The first-order valence-corrected chi connectivity index (χ1v) is 19.3. The Kier molecular flexibility index (Phi) is 11.6. The Morgan fingerprint density at radius 2 is 1.80 bits per heavy atom. The highest BCUT2D eigenvalue weighted by molar-refractivity contribution is 6.03. The van der Waals surface area contributed by atoms with Gasteiger partial charge in [-0.1, -0.05) is 42.3 Å². The Morgan fingerprint density at radius 3 is 2.54 bits per heavy atom. The topological polar surface area (TPSA) is 203 Å². The normalized spacial score (nSPS) is 24.5. The number of carbonyl (C=O) groups is 1. The standard InChI is InChI=1S/C42H49N5O9/c1-46(41(51)43-24-29-20-28-9-2-3-11-35(28)44-29)38-23-36(45-55-25-26-12-14-30(15-13-26)47(53)54)33-21-27(8-4-6-18-48)32(10-5-7-19-49)39-34-22-31(50)16-17-37(34)56-42(38,52)40(33)39/h2-3,9,11-17,20-22,27,32,38-40,44,48-50,52H,4-8,10,18-19,23-25H2,1H3,(H,43,51). The van der Waals surface area contributed by atoms with Gasteiger partial charge in [-0.2, -0.15) is 0 Å². The number of aromatic nitrogens is 1. The Bertz CT molecular complexity index is 2070. The maximum absolute atomic E-state index is 14.0. The number of hydrogen-bond donors (Lipinski definition) is 6. The molecule has 14 nitrogen and oxygen atoms in total. The molecule has 1 aromatic heterocycles. The van der Waals surface area contributed by atoms with E-state index >= 15 is 0 Å². The van der Waals surface area contributed by atoms with Crippen LogP contribution in [0.3, 0.4) is 0 Å². The monoisotopic (exact) mass is 767 g/mol. The number of nitro benzene ring substituents is 1. The van der Waals surface area contributed by atoms with Crippen molar-refractivity contribution in [3.63, 3.8) is 0 Å². The molecule has 6 atom stereocenters. The van der Waals surface area contributed by atoms with Crippen LogP contribution >= 0.6 is 0 Å². The lowest BCUT2D eigenvalue weighted by Crippen LogP contribution is -2.69. The number of H-pyrrole nitrogens is 1. The first kappa shape index (κ1) is 38.8. The number of allylic oxidation sites excluding steroid dienone is 1. The van der Waals surface area contributed by atoms with E-state index in [4.69, 9.17) is 9.57 Å². The molecule has 1 aliphatic heterocycles. The molecule has 296 valence electrons. The smallest absolute Gasteiger partial charge is 0.317 e. The molecule has 6 unspecified atom stereocenters. The number of ether oxygens (including phenoxy) is 1. The molecule has 3 aliphatic rings. The van der Waals surface area contributed by atoms with Crippen LogP contribution in [0.15, 0.2) is 89.6 Å². The zero-order valence-corrected chi connectivity index (χ0v) is 31.3. The predicted molar refractivity (Wildman–Crippen MR) is 209 cm³/mol. The molecule has 1 fully saturated rings. The van der Waals surface area contributed by atoms with Crippen LogP contribution in [0.5, 0.6) is 11.5 Å². The second-order valence-corrected chi connectivity index (χ2v) is 15.1. The summed E-state index contributed by atoms with van der Waals surface area (Å²) in [5.41, 5.74) is 4.39. The summed E-state index contributed by atoms with van der Waals surface area (Å²) in [7, 11) is 1.62. The van der Waals surface area contributed by atoms with E-state index in [-0.39, 0.29) is 62.0 Å². The highest BCUT2D eigenvalue weighted by Gasteiger charge is 2.63. The second-order valence-electron chi connectivity index (χ2n) is 15.1. The van der Waals surface area contributed by atoms with Crippen LogP contribution in [0.2, 0.25) is 0 Å². The number of phenols is 1. The molecular formula is C42H49N5O9. The van der Waals surface area contributed by atoms with Gasteiger partial charge in [0, 0.05) is 61.5 Å². The van der Waals surface area contributed by atoms with Crippen molar-refractivity contribution in [1.29, 1.82) is 0 Å². The number of likely N-dealkylation sites (N-methyl/N-ethyl adjacent to an activating group) is 1. The number of nitrogens with one attached hydrogen (secondary N) is 2. The number of nitrogens with zero attached hydrogens (tertiary/aromatic N) is 3. The minimum absolute atomic E-state index is 0.0113. The third kappa shape index (κ3) is 7.81. The molecule has 2 heterocycles. The van der Waals surface area contributed by atoms with Gasteiger partial charge in [0.15, 0.2) is 0 Å². The molecule has 6 N–H and O–H groups in total. The zero-order valence-electron chi connectivity index (χ0n) is 31.3. The molecule has 56 heavy (non-hydrogen) atoms. The van der Waals surface area contributed by atoms with Gasteiger partial charge >= 0.3 is 6.03 Å². The van der Waals surface area contributed by atoms with E-state index in [1.807, 2.05) is 30.3 Å². The van der Waals surface area contributed by atoms with Crippen molar-refractivity contribution >= 4 is 28.3 Å². The Labute approximate surface area is 324 Å². The highest BCUT2D eigenvalue weighted by Crippen LogP contribution is 2.60. The number of carbonyl (C=O) groups excluding carboxylic acids is 1. The number of aliphatic hydroxyl groups excluding tert-OH is 2. The summed E-state index contributed by atoms with van der Waals surface area (Å²) in [5, 5.41) is 63.1. The number of hydrogen-bond acceptors (Lipinski definition) is 10.